The molecule has 1 aromatic heterocycles. The summed E-state index contributed by atoms with van der Waals surface area (Å²) in [4.78, 5) is 14.6. The van der Waals surface area contributed by atoms with Gasteiger partial charge in [-0.3, -0.25) is 9.89 Å². The topological polar surface area (TPSA) is 82.0 Å². The van der Waals surface area contributed by atoms with Crippen LogP contribution in [0, 0.1) is 18.3 Å². The first-order valence-electron chi connectivity index (χ1n) is 8.54. The Morgan fingerprint density at radius 1 is 1.44 bits per heavy atom. The van der Waals surface area contributed by atoms with E-state index in [1.54, 1.807) is 31.2 Å². The smallest absolute Gasteiger partial charge is 0.263 e. The normalized spacial score (nSPS) is 18.4. The zero-order valence-electron chi connectivity index (χ0n) is 14.5. The van der Waals surface area contributed by atoms with E-state index in [4.69, 9.17) is 10.00 Å². The molecule has 1 saturated heterocycles. The number of nitriles is 1. The lowest BCUT2D eigenvalue weighted by Gasteiger charge is -2.33. The minimum absolute atomic E-state index is 0.0127. The summed E-state index contributed by atoms with van der Waals surface area (Å²) in [5, 5.41) is 16.1. The number of aromatic amines is 1. The van der Waals surface area contributed by atoms with Crippen LogP contribution in [-0.2, 0) is 4.79 Å². The second kappa shape index (κ2) is 7.39. The molecule has 1 fully saturated rings. The number of nitrogens with zero attached hydrogens (tertiary/aromatic N) is 3. The van der Waals surface area contributed by atoms with E-state index in [-0.39, 0.29) is 11.8 Å². The molecule has 0 saturated carbocycles. The van der Waals surface area contributed by atoms with Gasteiger partial charge in [0.25, 0.3) is 5.91 Å². The van der Waals surface area contributed by atoms with Crippen LogP contribution in [0.4, 0.5) is 0 Å². The van der Waals surface area contributed by atoms with Gasteiger partial charge in [0.1, 0.15) is 5.75 Å². The van der Waals surface area contributed by atoms with Crippen LogP contribution in [0.15, 0.2) is 30.3 Å². The number of H-pyrrole nitrogens is 1. The zero-order valence-corrected chi connectivity index (χ0v) is 14.5. The molecule has 6 nitrogen and oxygen atoms in total. The highest BCUT2D eigenvalue weighted by atomic mass is 16.5. The largest absolute Gasteiger partial charge is 0.481 e. The molecule has 0 bridgehead atoms. The Morgan fingerprint density at radius 3 is 2.84 bits per heavy atom. The predicted molar refractivity (Wildman–Crippen MR) is 93.1 cm³/mol. The van der Waals surface area contributed by atoms with Crippen molar-refractivity contribution in [2.75, 3.05) is 13.1 Å². The number of ether oxygens (including phenoxy) is 1. The summed E-state index contributed by atoms with van der Waals surface area (Å²) in [7, 11) is 0. The van der Waals surface area contributed by atoms with Crippen LogP contribution in [0.25, 0.3) is 0 Å². The number of amides is 1. The van der Waals surface area contributed by atoms with Gasteiger partial charge in [-0.15, -0.1) is 0 Å². The van der Waals surface area contributed by atoms with Crippen LogP contribution < -0.4 is 4.74 Å². The number of piperidine rings is 1. The van der Waals surface area contributed by atoms with Crippen LogP contribution in [0.1, 0.15) is 42.6 Å². The molecule has 25 heavy (non-hydrogen) atoms. The molecule has 6 heteroatoms. The van der Waals surface area contributed by atoms with Crippen molar-refractivity contribution in [2.24, 2.45) is 0 Å². The van der Waals surface area contributed by atoms with Gasteiger partial charge in [0.15, 0.2) is 6.10 Å². The molecule has 2 aromatic rings. The SMILES string of the molecule is Cc1cc([C@H]2CCCN(C(=O)[C@H](C)Oc3ccc(C#N)cc3)C2)n[nH]1. The summed E-state index contributed by atoms with van der Waals surface area (Å²) >= 11 is 0. The van der Waals surface area contributed by atoms with Crippen molar-refractivity contribution in [1.82, 2.24) is 15.1 Å². The van der Waals surface area contributed by atoms with Gasteiger partial charge in [0.05, 0.1) is 17.3 Å². The van der Waals surface area contributed by atoms with Gasteiger partial charge in [0, 0.05) is 24.7 Å². The van der Waals surface area contributed by atoms with E-state index in [1.165, 1.54) is 0 Å². The van der Waals surface area contributed by atoms with Gasteiger partial charge in [-0.1, -0.05) is 0 Å². The molecule has 130 valence electrons. The Balaban J connectivity index is 1.61. The average Bonchev–Trinajstić information content (AvgIpc) is 3.08. The number of hydrogen-bond acceptors (Lipinski definition) is 4. The van der Waals surface area contributed by atoms with Gasteiger partial charge in [-0.25, -0.2) is 0 Å². The van der Waals surface area contributed by atoms with E-state index in [0.29, 0.717) is 17.9 Å². The van der Waals surface area contributed by atoms with Crippen molar-refractivity contribution in [3.05, 3.63) is 47.3 Å². The first kappa shape index (κ1) is 17.0. The van der Waals surface area contributed by atoms with Gasteiger partial charge < -0.3 is 9.64 Å². The third-order valence-electron chi connectivity index (χ3n) is 4.52. The number of aromatic nitrogens is 2. The predicted octanol–water partition coefficient (Wildman–Crippen LogP) is 2.76. The molecule has 1 N–H and O–H groups in total. The molecule has 0 unspecified atom stereocenters. The summed E-state index contributed by atoms with van der Waals surface area (Å²) in [5.74, 6) is 0.849. The quantitative estimate of drug-likeness (QED) is 0.929. The van der Waals surface area contributed by atoms with E-state index in [1.807, 2.05) is 11.8 Å². The fraction of sp³-hybridized carbons (Fsp3) is 0.421. The molecule has 1 amide bonds. The van der Waals surface area contributed by atoms with Gasteiger partial charge in [-0.05, 0) is 57.0 Å². The molecule has 1 aliphatic rings. The lowest BCUT2D eigenvalue weighted by atomic mass is 9.94. The van der Waals surface area contributed by atoms with Crippen molar-refractivity contribution in [3.8, 4) is 11.8 Å². The Bertz CT molecular complexity index is 775. The van der Waals surface area contributed by atoms with E-state index in [0.717, 1.165) is 30.8 Å². The maximum Gasteiger partial charge on any atom is 0.263 e. The minimum atomic E-state index is -0.562. The number of nitrogens with one attached hydrogen (secondary N) is 1. The summed E-state index contributed by atoms with van der Waals surface area (Å²) in [6.45, 7) is 5.17. The standard InChI is InChI=1S/C19H22N4O2/c1-13-10-18(22-21-13)16-4-3-9-23(12-16)19(24)14(2)25-17-7-5-15(11-20)6-8-17/h5-8,10,14,16H,3-4,9,12H2,1-2H3,(H,21,22)/t14-,16-/m0/s1. The van der Waals surface area contributed by atoms with Gasteiger partial charge in [-0.2, -0.15) is 10.4 Å². The van der Waals surface area contributed by atoms with Crippen LogP contribution in [0.2, 0.25) is 0 Å². The average molecular weight is 338 g/mol. The summed E-state index contributed by atoms with van der Waals surface area (Å²) in [6, 6.07) is 10.9. The lowest BCUT2D eigenvalue weighted by molar-refractivity contribution is -0.139. The first-order chi connectivity index (χ1) is 12.1. The maximum absolute atomic E-state index is 12.7. The van der Waals surface area contributed by atoms with E-state index >= 15 is 0 Å². The molecule has 3 rings (SSSR count). The molecular formula is C19H22N4O2. The van der Waals surface area contributed by atoms with Crippen molar-refractivity contribution in [2.45, 2.75) is 38.7 Å². The van der Waals surface area contributed by atoms with E-state index in [9.17, 15) is 4.79 Å². The highest BCUT2D eigenvalue weighted by Crippen LogP contribution is 2.26. The van der Waals surface area contributed by atoms with E-state index < -0.39 is 6.10 Å². The number of hydrogen-bond donors (Lipinski definition) is 1. The number of carbonyl (C=O) groups is 1. The molecule has 2 heterocycles. The third kappa shape index (κ3) is 4.00. The number of rotatable bonds is 4. The number of benzene rings is 1. The third-order valence-corrected chi connectivity index (χ3v) is 4.52. The molecule has 0 aliphatic carbocycles. The zero-order chi connectivity index (χ0) is 17.8. The fourth-order valence-corrected chi connectivity index (χ4v) is 3.19. The number of likely N-dealkylation sites (tertiary alicyclic amines) is 1. The summed E-state index contributed by atoms with van der Waals surface area (Å²) < 4.78 is 5.75. The number of carbonyl (C=O) groups excluding carboxylic acids is 1. The highest BCUT2D eigenvalue weighted by Gasteiger charge is 2.29. The van der Waals surface area contributed by atoms with E-state index in [2.05, 4.69) is 22.3 Å². The monoisotopic (exact) mass is 338 g/mol. The Labute approximate surface area is 147 Å². The molecule has 0 radical (unpaired) electrons. The Morgan fingerprint density at radius 2 is 2.20 bits per heavy atom. The van der Waals surface area contributed by atoms with Crippen LogP contribution in [-0.4, -0.2) is 40.2 Å². The Kier molecular flexibility index (Phi) is 5.03. The second-order valence-corrected chi connectivity index (χ2v) is 6.50. The Hall–Kier alpha value is -2.81. The molecular weight excluding hydrogens is 316 g/mol. The van der Waals surface area contributed by atoms with Gasteiger partial charge >= 0.3 is 0 Å². The first-order valence-corrected chi connectivity index (χ1v) is 8.54. The molecule has 1 aromatic carbocycles. The minimum Gasteiger partial charge on any atom is -0.481 e. The van der Waals surface area contributed by atoms with Crippen LogP contribution in [0.3, 0.4) is 0 Å². The van der Waals surface area contributed by atoms with Crippen molar-refractivity contribution < 1.29 is 9.53 Å². The molecule has 0 spiro atoms. The maximum atomic E-state index is 12.7. The van der Waals surface area contributed by atoms with Crippen molar-refractivity contribution in [1.29, 1.82) is 5.26 Å². The molecule has 1 aliphatic heterocycles. The lowest BCUT2D eigenvalue weighted by Crippen LogP contribution is -2.45. The van der Waals surface area contributed by atoms with Crippen LogP contribution >= 0.6 is 0 Å². The summed E-state index contributed by atoms with van der Waals surface area (Å²) in [5.41, 5.74) is 2.63. The fourth-order valence-electron chi connectivity index (χ4n) is 3.19. The van der Waals surface area contributed by atoms with Crippen LogP contribution in [0.5, 0.6) is 5.75 Å². The molecule has 2 atom stereocenters. The highest BCUT2D eigenvalue weighted by molar-refractivity contribution is 5.81. The second-order valence-electron chi connectivity index (χ2n) is 6.50. The van der Waals surface area contributed by atoms with Crippen molar-refractivity contribution in [3.63, 3.8) is 0 Å². The van der Waals surface area contributed by atoms with Gasteiger partial charge in [0.2, 0.25) is 0 Å². The van der Waals surface area contributed by atoms with Crippen molar-refractivity contribution >= 4 is 5.91 Å². The summed E-state index contributed by atoms with van der Waals surface area (Å²) in [6.07, 6.45) is 1.44. The number of aryl methyl sites for hydroxylation is 1.